The largest absolute Gasteiger partial charge is 0.256 e. The summed E-state index contributed by atoms with van der Waals surface area (Å²) in [7, 11) is 0. The number of rotatable bonds is 2. The molecular formula is C20H15N3. The van der Waals surface area contributed by atoms with Gasteiger partial charge in [0.25, 0.3) is 0 Å². The molecule has 0 atom stereocenters. The molecule has 1 aromatic carbocycles. The van der Waals surface area contributed by atoms with E-state index in [1.165, 1.54) is 0 Å². The molecule has 23 heavy (non-hydrogen) atoms. The molecule has 0 radical (unpaired) electrons. The normalized spacial score (nSPS) is 10.8. The van der Waals surface area contributed by atoms with Crippen LogP contribution >= 0.6 is 0 Å². The van der Waals surface area contributed by atoms with Crippen LogP contribution < -0.4 is 0 Å². The Morgan fingerprint density at radius 3 is 2.17 bits per heavy atom. The second-order valence-corrected chi connectivity index (χ2v) is 5.46. The Hall–Kier alpha value is -3.07. The van der Waals surface area contributed by atoms with Gasteiger partial charge in [-0.1, -0.05) is 30.3 Å². The van der Waals surface area contributed by atoms with Crippen molar-refractivity contribution in [3.8, 4) is 22.6 Å². The summed E-state index contributed by atoms with van der Waals surface area (Å²) in [6.07, 6.45) is 3.60. The summed E-state index contributed by atoms with van der Waals surface area (Å²) < 4.78 is 0. The van der Waals surface area contributed by atoms with Crippen LogP contribution in [0.5, 0.6) is 0 Å². The Balaban J connectivity index is 2.00. The lowest BCUT2D eigenvalue weighted by molar-refractivity contribution is 1.24. The number of nitrogens with zero attached hydrogens (tertiary/aromatic N) is 3. The van der Waals surface area contributed by atoms with E-state index < -0.39 is 0 Å². The lowest BCUT2D eigenvalue weighted by atomic mass is 10.0. The molecule has 0 unspecified atom stereocenters. The molecule has 0 saturated carbocycles. The maximum atomic E-state index is 4.92. The number of pyridine rings is 3. The highest BCUT2D eigenvalue weighted by Gasteiger charge is 2.11. The minimum absolute atomic E-state index is 0.891. The van der Waals surface area contributed by atoms with E-state index in [1.807, 2.05) is 48.7 Å². The van der Waals surface area contributed by atoms with Gasteiger partial charge in [-0.3, -0.25) is 9.97 Å². The zero-order valence-corrected chi connectivity index (χ0v) is 12.8. The first-order valence-electron chi connectivity index (χ1n) is 7.56. The highest BCUT2D eigenvalue weighted by molar-refractivity contribution is 5.94. The average molecular weight is 297 g/mol. The van der Waals surface area contributed by atoms with Crippen molar-refractivity contribution in [2.24, 2.45) is 0 Å². The van der Waals surface area contributed by atoms with Crippen LogP contribution in [0.15, 0.2) is 73.1 Å². The molecular weight excluding hydrogens is 282 g/mol. The van der Waals surface area contributed by atoms with Gasteiger partial charge in [0.05, 0.1) is 22.6 Å². The number of aryl methyl sites for hydroxylation is 1. The molecule has 3 aromatic heterocycles. The number of hydrogen-bond acceptors (Lipinski definition) is 3. The molecule has 0 saturated heterocycles. The van der Waals surface area contributed by atoms with E-state index in [4.69, 9.17) is 4.98 Å². The number of aromatic nitrogens is 3. The van der Waals surface area contributed by atoms with E-state index in [0.29, 0.717) is 0 Å². The maximum Gasteiger partial charge on any atom is 0.0923 e. The van der Waals surface area contributed by atoms with E-state index in [0.717, 1.165) is 39.1 Å². The molecule has 3 heteroatoms. The van der Waals surface area contributed by atoms with Crippen LogP contribution in [-0.2, 0) is 0 Å². The van der Waals surface area contributed by atoms with Crippen molar-refractivity contribution in [1.29, 1.82) is 0 Å². The molecule has 0 N–H and O–H groups in total. The van der Waals surface area contributed by atoms with E-state index in [-0.39, 0.29) is 0 Å². The minimum Gasteiger partial charge on any atom is -0.256 e. The summed E-state index contributed by atoms with van der Waals surface area (Å²) in [5.74, 6) is 0. The van der Waals surface area contributed by atoms with Gasteiger partial charge in [0.2, 0.25) is 0 Å². The van der Waals surface area contributed by atoms with Gasteiger partial charge in [-0.05, 0) is 42.8 Å². The summed E-state index contributed by atoms with van der Waals surface area (Å²) in [6, 6.07) is 20.2. The Morgan fingerprint density at radius 2 is 1.48 bits per heavy atom. The van der Waals surface area contributed by atoms with Crippen molar-refractivity contribution in [3.05, 3.63) is 78.6 Å². The van der Waals surface area contributed by atoms with Gasteiger partial charge in [0, 0.05) is 23.3 Å². The molecule has 0 aliphatic rings. The molecule has 0 aliphatic heterocycles. The first kappa shape index (κ1) is 13.6. The van der Waals surface area contributed by atoms with Gasteiger partial charge in [0.1, 0.15) is 0 Å². The molecule has 3 heterocycles. The Morgan fingerprint density at radius 1 is 0.739 bits per heavy atom. The van der Waals surface area contributed by atoms with Crippen LogP contribution in [-0.4, -0.2) is 15.0 Å². The first-order valence-corrected chi connectivity index (χ1v) is 7.56. The topological polar surface area (TPSA) is 38.7 Å². The van der Waals surface area contributed by atoms with Crippen molar-refractivity contribution >= 4 is 10.9 Å². The molecule has 4 rings (SSSR count). The molecule has 3 nitrogen and oxygen atoms in total. The summed E-state index contributed by atoms with van der Waals surface area (Å²) in [6.45, 7) is 2.07. The molecule has 110 valence electrons. The number of para-hydroxylation sites is 1. The van der Waals surface area contributed by atoms with Gasteiger partial charge in [0.15, 0.2) is 0 Å². The third-order valence-corrected chi connectivity index (χ3v) is 3.88. The Bertz CT molecular complexity index is 964. The molecule has 0 aliphatic carbocycles. The van der Waals surface area contributed by atoms with Crippen LogP contribution in [0, 0.1) is 6.92 Å². The summed E-state index contributed by atoms with van der Waals surface area (Å²) in [4.78, 5) is 13.8. The first-order chi connectivity index (χ1) is 11.3. The summed E-state index contributed by atoms with van der Waals surface area (Å²) in [5.41, 5.74) is 5.86. The fourth-order valence-corrected chi connectivity index (χ4v) is 2.80. The smallest absolute Gasteiger partial charge is 0.0923 e. The zero-order chi connectivity index (χ0) is 15.6. The highest BCUT2D eigenvalue weighted by atomic mass is 14.8. The van der Waals surface area contributed by atoms with Gasteiger partial charge >= 0.3 is 0 Å². The molecule has 0 fully saturated rings. The maximum absolute atomic E-state index is 4.92. The second kappa shape index (κ2) is 5.61. The van der Waals surface area contributed by atoms with Gasteiger partial charge in [-0.2, -0.15) is 0 Å². The van der Waals surface area contributed by atoms with E-state index in [2.05, 4.69) is 35.1 Å². The summed E-state index contributed by atoms with van der Waals surface area (Å²) in [5, 5.41) is 1.12. The van der Waals surface area contributed by atoms with Gasteiger partial charge in [-0.25, -0.2) is 4.98 Å². The van der Waals surface area contributed by atoms with Gasteiger partial charge < -0.3 is 0 Å². The lowest BCUT2D eigenvalue weighted by Gasteiger charge is -2.10. The quantitative estimate of drug-likeness (QED) is 0.540. The standard InChI is InChI=1S/C20H15N3/c1-14-13-15-7-6-8-16(17-9-2-4-11-21-17)20(15)23-19(14)18-10-3-5-12-22-18/h2-13H,1H3. The predicted molar refractivity (Wildman–Crippen MR) is 92.9 cm³/mol. The summed E-state index contributed by atoms with van der Waals surface area (Å²) >= 11 is 0. The Kier molecular flexibility index (Phi) is 3.31. The average Bonchev–Trinajstić information content (AvgIpc) is 2.62. The van der Waals surface area contributed by atoms with Crippen molar-refractivity contribution in [1.82, 2.24) is 15.0 Å². The van der Waals surface area contributed by atoms with Crippen LogP contribution in [0.4, 0.5) is 0 Å². The van der Waals surface area contributed by atoms with Crippen LogP contribution in [0.3, 0.4) is 0 Å². The minimum atomic E-state index is 0.891. The number of benzene rings is 1. The van der Waals surface area contributed by atoms with Crippen molar-refractivity contribution in [2.45, 2.75) is 6.92 Å². The highest BCUT2D eigenvalue weighted by Crippen LogP contribution is 2.29. The third kappa shape index (κ3) is 2.46. The number of fused-ring (bicyclic) bond motifs is 1. The molecule has 0 spiro atoms. The zero-order valence-electron chi connectivity index (χ0n) is 12.8. The fraction of sp³-hybridized carbons (Fsp3) is 0.0500. The number of hydrogen-bond donors (Lipinski definition) is 0. The van der Waals surface area contributed by atoms with E-state index in [1.54, 1.807) is 6.20 Å². The van der Waals surface area contributed by atoms with Crippen molar-refractivity contribution in [2.75, 3.05) is 0 Å². The fourth-order valence-electron chi connectivity index (χ4n) is 2.80. The molecule has 0 amide bonds. The van der Waals surface area contributed by atoms with Crippen LogP contribution in [0.2, 0.25) is 0 Å². The van der Waals surface area contributed by atoms with Crippen molar-refractivity contribution < 1.29 is 0 Å². The molecule has 4 aromatic rings. The molecule has 0 bridgehead atoms. The van der Waals surface area contributed by atoms with Gasteiger partial charge in [-0.15, -0.1) is 0 Å². The predicted octanol–water partition coefficient (Wildman–Crippen LogP) is 4.67. The van der Waals surface area contributed by atoms with Crippen molar-refractivity contribution in [3.63, 3.8) is 0 Å². The third-order valence-electron chi connectivity index (χ3n) is 3.88. The van der Waals surface area contributed by atoms with Crippen LogP contribution in [0.1, 0.15) is 5.56 Å². The van der Waals surface area contributed by atoms with E-state index >= 15 is 0 Å². The van der Waals surface area contributed by atoms with E-state index in [9.17, 15) is 0 Å². The SMILES string of the molecule is Cc1cc2cccc(-c3ccccn3)c2nc1-c1ccccn1. The second-order valence-electron chi connectivity index (χ2n) is 5.46. The van der Waals surface area contributed by atoms with Crippen LogP contribution in [0.25, 0.3) is 33.5 Å². The Labute approximate surface area is 134 Å². The monoisotopic (exact) mass is 297 g/mol. The lowest BCUT2D eigenvalue weighted by Crippen LogP contribution is -1.94.